The first kappa shape index (κ1) is 18.7. The molecule has 0 bridgehead atoms. The van der Waals surface area contributed by atoms with Crippen molar-refractivity contribution < 1.29 is 13.9 Å². The molecule has 1 fully saturated rings. The molecule has 1 amide bonds. The quantitative estimate of drug-likeness (QED) is 0.650. The van der Waals surface area contributed by atoms with Crippen molar-refractivity contribution in [2.24, 2.45) is 0 Å². The molecule has 144 valence electrons. The molecule has 3 aromatic rings. The predicted octanol–water partition coefficient (Wildman–Crippen LogP) is 3.87. The minimum atomic E-state index is -0.178. The van der Waals surface area contributed by atoms with Crippen molar-refractivity contribution in [3.8, 4) is 11.3 Å². The highest BCUT2D eigenvalue weighted by Crippen LogP contribution is 2.24. The van der Waals surface area contributed by atoms with E-state index in [-0.39, 0.29) is 5.91 Å². The largest absolute Gasteiger partial charge is 0.459 e. The summed E-state index contributed by atoms with van der Waals surface area (Å²) in [5, 5.41) is 2.87. The number of pyridine rings is 1. The first-order valence-electron chi connectivity index (χ1n) is 9.11. The van der Waals surface area contributed by atoms with Crippen molar-refractivity contribution >= 4 is 27.7 Å². The van der Waals surface area contributed by atoms with Crippen molar-refractivity contribution in [3.05, 3.63) is 70.5 Å². The number of benzene rings is 1. The molecule has 0 spiro atoms. The van der Waals surface area contributed by atoms with Gasteiger partial charge in [0, 0.05) is 29.3 Å². The standard InChI is InChI=1S/C21H20BrN3O3/c22-17-4-1-15(2-5-17)19-7-6-18(28-19)14-24-21(26)16-3-8-20(23-13-16)25-9-11-27-12-10-25/h1-8,13H,9-12,14H2,(H,24,26). The average Bonchev–Trinajstić information content (AvgIpc) is 3.22. The topological polar surface area (TPSA) is 67.6 Å². The normalized spacial score (nSPS) is 14.1. The van der Waals surface area contributed by atoms with E-state index in [9.17, 15) is 4.79 Å². The summed E-state index contributed by atoms with van der Waals surface area (Å²) in [6.07, 6.45) is 1.61. The third-order valence-corrected chi connectivity index (χ3v) is 5.09. The molecule has 1 aliphatic rings. The molecule has 28 heavy (non-hydrogen) atoms. The number of amides is 1. The number of nitrogens with one attached hydrogen (secondary N) is 1. The lowest BCUT2D eigenvalue weighted by molar-refractivity contribution is 0.0947. The van der Waals surface area contributed by atoms with Crippen molar-refractivity contribution in [2.45, 2.75) is 6.54 Å². The Kier molecular flexibility index (Phi) is 5.73. The number of aromatic nitrogens is 1. The number of anilines is 1. The number of carbonyl (C=O) groups excluding carboxylic acids is 1. The van der Waals surface area contributed by atoms with E-state index < -0.39 is 0 Å². The zero-order chi connectivity index (χ0) is 19.3. The highest BCUT2D eigenvalue weighted by atomic mass is 79.9. The summed E-state index contributed by atoms with van der Waals surface area (Å²) in [5.41, 5.74) is 1.51. The Morgan fingerprint density at radius 3 is 2.57 bits per heavy atom. The predicted molar refractivity (Wildman–Crippen MR) is 110 cm³/mol. The lowest BCUT2D eigenvalue weighted by atomic mass is 10.2. The van der Waals surface area contributed by atoms with E-state index in [2.05, 4.69) is 31.1 Å². The van der Waals surface area contributed by atoms with Gasteiger partial charge in [-0.3, -0.25) is 4.79 Å². The molecule has 3 heterocycles. The first-order valence-corrected chi connectivity index (χ1v) is 9.90. The molecule has 4 rings (SSSR count). The van der Waals surface area contributed by atoms with Crippen LogP contribution in [0.2, 0.25) is 0 Å². The van der Waals surface area contributed by atoms with Gasteiger partial charge in [0.05, 0.1) is 25.3 Å². The molecular formula is C21H20BrN3O3. The fraction of sp³-hybridized carbons (Fsp3) is 0.238. The first-order chi connectivity index (χ1) is 13.7. The number of carbonyl (C=O) groups is 1. The van der Waals surface area contributed by atoms with E-state index in [1.54, 1.807) is 12.3 Å². The molecule has 0 radical (unpaired) electrons. The van der Waals surface area contributed by atoms with Gasteiger partial charge in [-0.05, 0) is 36.4 Å². The zero-order valence-corrected chi connectivity index (χ0v) is 16.8. The second kappa shape index (κ2) is 8.58. The minimum absolute atomic E-state index is 0.178. The number of furan rings is 1. The second-order valence-corrected chi connectivity index (χ2v) is 7.38. The van der Waals surface area contributed by atoms with Gasteiger partial charge >= 0.3 is 0 Å². The molecule has 1 aromatic carbocycles. The summed E-state index contributed by atoms with van der Waals surface area (Å²) in [7, 11) is 0. The number of hydrogen-bond donors (Lipinski definition) is 1. The number of morpholine rings is 1. The van der Waals surface area contributed by atoms with E-state index in [1.165, 1.54) is 0 Å². The number of nitrogens with zero attached hydrogens (tertiary/aromatic N) is 2. The van der Waals surface area contributed by atoms with Crippen LogP contribution in [0.15, 0.2) is 63.6 Å². The number of ether oxygens (including phenoxy) is 1. The van der Waals surface area contributed by atoms with Gasteiger partial charge in [-0.25, -0.2) is 4.98 Å². The van der Waals surface area contributed by atoms with E-state index in [1.807, 2.05) is 42.5 Å². The Morgan fingerprint density at radius 2 is 1.86 bits per heavy atom. The third kappa shape index (κ3) is 4.43. The Morgan fingerprint density at radius 1 is 1.07 bits per heavy atom. The van der Waals surface area contributed by atoms with Crippen LogP contribution in [0, 0.1) is 0 Å². The molecular weight excluding hydrogens is 422 g/mol. The van der Waals surface area contributed by atoms with Gasteiger partial charge in [0.25, 0.3) is 5.91 Å². The smallest absolute Gasteiger partial charge is 0.253 e. The lowest BCUT2D eigenvalue weighted by Crippen LogP contribution is -2.36. The number of hydrogen-bond acceptors (Lipinski definition) is 5. The van der Waals surface area contributed by atoms with Gasteiger partial charge in [0.1, 0.15) is 17.3 Å². The van der Waals surface area contributed by atoms with Crippen molar-refractivity contribution in [3.63, 3.8) is 0 Å². The molecule has 1 saturated heterocycles. The summed E-state index contributed by atoms with van der Waals surface area (Å²) in [5.74, 6) is 2.16. The van der Waals surface area contributed by atoms with Crippen LogP contribution in [0.25, 0.3) is 11.3 Å². The molecule has 0 atom stereocenters. The van der Waals surface area contributed by atoms with Gasteiger partial charge < -0.3 is 19.4 Å². The number of rotatable bonds is 5. The van der Waals surface area contributed by atoms with Crippen LogP contribution >= 0.6 is 15.9 Å². The molecule has 1 N–H and O–H groups in total. The second-order valence-electron chi connectivity index (χ2n) is 6.46. The van der Waals surface area contributed by atoms with Crippen LogP contribution in [0.3, 0.4) is 0 Å². The average molecular weight is 442 g/mol. The Bertz CT molecular complexity index is 932. The summed E-state index contributed by atoms with van der Waals surface area (Å²) in [6, 6.07) is 15.3. The van der Waals surface area contributed by atoms with Gasteiger partial charge in [-0.1, -0.05) is 28.1 Å². The van der Waals surface area contributed by atoms with Crippen LogP contribution in [0.4, 0.5) is 5.82 Å². The molecule has 1 aliphatic heterocycles. The highest BCUT2D eigenvalue weighted by Gasteiger charge is 2.14. The third-order valence-electron chi connectivity index (χ3n) is 4.56. The van der Waals surface area contributed by atoms with Crippen molar-refractivity contribution in [1.82, 2.24) is 10.3 Å². The summed E-state index contributed by atoms with van der Waals surface area (Å²) in [6.45, 7) is 3.36. The monoisotopic (exact) mass is 441 g/mol. The lowest BCUT2D eigenvalue weighted by Gasteiger charge is -2.27. The SMILES string of the molecule is O=C(NCc1ccc(-c2ccc(Br)cc2)o1)c1ccc(N2CCOCC2)nc1. The van der Waals surface area contributed by atoms with E-state index in [0.29, 0.717) is 31.1 Å². The van der Waals surface area contributed by atoms with Crippen molar-refractivity contribution in [1.29, 1.82) is 0 Å². The highest BCUT2D eigenvalue weighted by molar-refractivity contribution is 9.10. The van der Waals surface area contributed by atoms with Crippen LogP contribution in [0.1, 0.15) is 16.1 Å². The van der Waals surface area contributed by atoms with Gasteiger partial charge in [0.2, 0.25) is 0 Å². The fourth-order valence-corrected chi connectivity index (χ4v) is 3.28. The molecule has 0 unspecified atom stereocenters. The van der Waals surface area contributed by atoms with Crippen LogP contribution < -0.4 is 10.2 Å². The maximum atomic E-state index is 12.4. The van der Waals surface area contributed by atoms with Gasteiger partial charge in [-0.2, -0.15) is 0 Å². The van der Waals surface area contributed by atoms with E-state index in [4.69, 9.17) is 9.15 Å². The summed E-state index contributed by atoms with van der Waals surface area (Å²) < 4.78 is 12.2. The van der Waals surface area contributed by atoms with E-state index >= 15 is 0 Å². The summed E-state index contributed by atoms with van der Waals surface area (Å²) >= 11 is 3.42. The van der Waals surface area contributed by atoms with Crippen LogP contribution in [0.5, 0.6) is 0 Å². The van der Waals surface area contributed by atoms with Gasteiger partial charge in [-0.15, -0.1) is 0 Å². The minimum Gasteiger partial charge on any atom is -0.459 e. The fourth-order valence-electron chi connectivity index (χ4n) is 3.01. The molecule has 6 nitrogen and oxygen atoms in total. The molecule has 0 aliphatic carbocycles. The maximum absolute atomic E-state index is 12.4. The molecule has 0 saturated carbocycles. The number of halogens is 1. The van der Waals surface area contributed by atoms with Crippen LogP contribution in [-0.4, -0.2) is 37.2 Å². The van der Waals surface area contributed by atoms with Gasteiger partial charge in [0.15, 0.2) is 0 Å². The van der Waals surface area contributed by atoms with E-state index in [0.717, 1.165) is 34.7 Å². The molecule has 7 heteroatoms. The zero-order valence-electron chi connectivity index (χ0n) is 15.2. The maximum Gasteiger partial charge on any atom is 0.253 e. The Balaban J connectivity index is 1.34. The van der Waals surface area contributed by atoms with Crippen molar-refractivity contribution in [2.75, 3.05) is 31.2 Å². The van der Waals surface area contributed by atoms with Crippen LogP contribution in [-0.2, 0) is 11.3 Å². The Labute approximate surface area is 171 Å². The molecule has 2 aromatic heterocycles. The Hall–Kier alpha value is -2.64. The summed E-state index contributed by atoms with van der Waals surface area (Å²) in [4.78, 5) is 19.0.